The van der Waals surface area contributed by atoms with Crippen LogP contribution in [0.5, 0.6) is 0 Å². The molecule has 0 saturated carbocycles. The van der Waals surface area contributed by atoms with Crippen LogP contribution in [0.4, 0.5) is 5.95 Å². The summed E-state index contributed by atoms with van der Waals surface area (Å²) in [6, 6.07) is 1.84. The summed E-state index contributed by atoms with van der Waals surface area (Å²) in [5.74, 6) is 0.699. The van der Waals surface area contributed by atoms with Gasteiger partial charge < -0.3 is 15.3 Å². The van der Waals surface area contributed by atoms with Crippen molar-refractivity contribution in [3.05, 3.63) is 18.0 Å². The Labute approximate surface area is 105 Å². The van der Waals surface area contributed by atoms with Crippen molar-refractivity contribution in [2.24, 2.45) is 5.41 Å². The Kier molecular flexibility index (Phi) is 2.48. The predicted octanol–water partition coefficient (Wildman–Crippen LogP) is -0.528. The van der Waals surface area contributed by atoms with Crippen molar-refractivity contribution in [3.63, 3.8) is 0 Å². The molecule has 3 heterocycles. The fourth-order valence-electron chi connectivity index (χ4n) is 2.70. The normalized spacial score (nSPS) is 25.8. The zero-order valence-corrected chi connectivity index (χ0v) is 10.3. The molecule has 0 aliphatic carbocycles. The van der Waals surface area contributed by atoms with Crippen molar-refractivity contribution in [2.45, 2.75) is 19.4 Å². The minimum atomic E-state index is -0.454. The molecule has 1 atom stereocenters. The van der Waals surface area contributed by atoms with Crippen LogP contribution in [0.2, 0.25) is 0 Å². The summed E-state index contributed by atoms with van der Waals surface area (Å²) in [6.45, 7) is 3.44. The summed E-state index contributed by atoms with van der Waals surface area (Å²) in [5, 5.41) is 12.4. The lowest BCUT2D eigenvalue weighted by Gasteiger charge is -2.51. The molecule has 2 aliphatic rings. The molecule has 2 aliphatic heterocycles. The molecule has 18 heavy (non-hydrogen) atoms. The second kappa shape index (κ2) is 3.91. The molecule has 2 fully saturated rings. The number of aliphatic hydroxyl groups excluding tert-OH is 1. The van der Waals surface area contributed by atoms with Crippen LogP contribution < -0.4 is 10.2 Å². The highest BCUT2D eigenvalue weighted by Gasteiger charge is 2.52. The molecule has 6 nitrogen and oxygen atoms in total. The van der Waals surface area contributed by atoms with Crippen molar-refractivity contribution in [1.82, 2.24) is 15.3 Å². The van der Waals surface area contributed by atoms with E-state index in [2.05, 4.69) is 15.3 Å². The Hall–Kier alpha value is -1.69. The Morgan fingerprint density at radius 2 is 2.33 bits per heavy atom. The lowest BCUT2D eigenvalue weighted by molar-refractivity contribution is -0.139. The Balaban J connectivity index is 1.74. The Morgan fingerprint density at radius 1 is 1.56 bits per heavy atom. The van der Waals surface area contributed by atoms with Gasteiger partial charge in [0.1, 0.15) is 0 Å². The molecule has 0 aromatic carbocycles. The van der Waals surface area contributed by atoms with Crippen molar-refractivity contribution in [3.8, 4) is 0 Å². The number of nitrogens with one attached hydrogen (secondary N) is 1. The van der Waals surface area contributed by atoms with E-state index in [1.807, 2.05) is 17.9 Å². The van der Waals surface area contributed by atoms with Gasteiger partial charge in [-0.05, 0) is 19.4 Å². The van der Waals surface area contributed by atoms with Crippen molar-refractivity contribution in [1.29, 1.82) is 0 Å². The second-order valence-corrected chi connectivity index (χ2v) is 5.20. The van der Waals surface area contributed by atoms with Crippen LogP contribution in [0.25, 0.3) is 0 Å². The minimum absolute atomic E-state index is 0.0386. The van der Waals surface area contributed by atoms with E-state index < -0.39 is 11.5 Å². The Morgan fingerprint density at radius 3 is 3.06 bits per heavy atom. The summed E-state index contributed by atoms with van der Waals surface area (Å²) < 4.78 is 0. The fraction of sp³-hybridized carbons (Fsp3) is 0.583. The van der Waals surface area contributed by atoms with E-state index in [1.54, 1.807) is 6.20 Å². The number of carbonyl (C=O) groups is 1. The van der Waals surface area contributed by atoms with Crippen molar-refractivity contribution >= 4 is 11.9 Å². The van der Waals surface area contributed by atoms with Crippen LogP contribution in [0, 0.1) is 12.3 Å². The summed E-state index contributed by atoms with van der Waals surface area (Å²) >= 11 is 0. The molecule has 1 aromatic heterocycles. The maximum Gasteiger partial charge on any atom is 0.230 e. The molecule has 1 aromatic rings. The number of piperidine rings is 1. The van der Waals surface area contributed by atoms with Crippen molar-refractivity contribution < 1.29 is 9.90 Å². The highest BCUT2D eigenvalue weighted by Crippen LogP contribution is 2.38. The summed E-state index contributed by atoms with van der Waals surface area (Å²) in [6.07, 6.45) is 1.81. The van der Waals surface area contributed by atoms with Gasteiger partial charge in [-0.25, -0.2) is 9.97 Å². The van der Waals surface area contributed by atoms with Crippen LogP contribution >= 0.6 is 0 Å². The first kappa shape index (κ1) is 11.4. The lowest BCUT2D eigenvalue weighted by atomic mass is 9.72. The third-order valence-corrected chi connectivity index (χ3v) is 3.66. The number of amides is 1. The van der Waals surface area contributed by atoms with E-state index in [0.717, 1.165) is 5.69 Å². The van der Waals surface area contributed by atoms with E-state index in [9.17, 15) is 9.90 Å². The summed E-state index contributed by atoms with van der Waals surface area (Å²) in [7, 11) is 0. The first-order chi connectivity index (χ1) is 8.59. The van der Waals surface area contributed by atoms with Gasteiger partial charge in [0.25, 0.3) is 0 Å². The molecule has 0 radical (unpaired) electrons. The van der Waals surface area contributed by atoms with Gasteiger partial charge in [0.2, 0.25) is 11.9 Å². The zero-order valence-electron chi connectivity index (χ0n) is 10.3. The first-order valence-electron chi connectivity index (χ1n) is 6.10. The number of nitrogens with zero attached hydrogens (tertiary/aromatic N) is 3. The molecular weight excluding hydrogens is 232 g/mol. The SMILES string of the molecule is Cc1ccnc(N2CC3(CC(O)CNC3=O)C2)n1. The lowest BCUT2D eigenvalue weighted by Crippen LogP contribution is -2.68. The van der Waals surface area contributed by atoms with Gasteiger partial charge in [-0.2, -0.15) is 0 Å². The van der Waals surface area contributed by atoms with Crippen LogP contribution in [-0.2, 0) is 4.79 Å². The number of anilines is 1. The molecule has 2 N–H and O–H groups in total. The predicted molar refractivity (Wildman–Crippen MR) is 65.0 cm³/mol. The van der Waals surface area contributed by atoms with Gasteiger partial charge in [0.15, 0.2) is 0 Å². The first-order valence-corrected chi connectivity index (χ1v) is 6.10. The van der Waals surface area contributed by atoms with Gasteiger partial charge in [0, 0.05) is 31.5 Å². The highest BCUT2D eigenvalue weighted by molar-refractivity contribution is 5.86. The molecule has 1 spiro atoms. The van der Waals surface area contributed by atoms with Crippen LogP contribution in [0.15, 0.2) is 12.3 Å². The third kappa shape index (κ3) is 1.73. The minimum Gasteiger partial charge on any atom is -0.391 e. The van der Waals surface area contributed by atoms with Gasteiger partial charge in [-0.15, -0.1) is 0 Å². The van der Waals surface area contributed by atoms with Crippen LogP contribution in [0.1, 0.15) is 12.1 Å². The maximum absolute atomic E-state index is 11.9. The van der Waals surface area contributed by atoms with Crippen LogP contribution in [0.3, 0.4) is 0 Å². The van der Waals surface area contributed by atoms with Crippen LogP contribution in [-0.4, -0.2) is 46.7 Å². The molecular formula is C12H16N4O2. The standard InChI is InChI=1S/C12H16N4O2/c1-8-2-3-13-11(15-8)16-6-12(7-16)4-9(17)5-14-10(12)18/h2-3,9,17H,4-7H2,1H3,(H,14,18). The number of rotatable bonds is 1. The zero-order chi connectivity index (χ0) is 12.8. The van der Waals surface area contributed by atoms with E-state index in [0.29, 0.717) is 32.0 Å². The molecule has 2 saturated heterocycles. The highest BCUT2D eigenvalue weighted by atomic mass is 16.3. The number of hydrogen-bond donors (Lipinski definition) is 2. The third-order valence-electron chi connectivity index (χ3n) is 3.66. The molecule has 3 rings (SSSR count). The number of β-amino-alcohol motifs (C(OH)–C–C–N with tert-alkyl or cyclic N) is 1. The largest absolute Gasteiger partial charge is 0.391 e. The van der Waals surface area contributed by atoms with E-state index >= 15 is 0 Å². The summed E-state index contributed by atoms with van der Waals surface area (Å²) in [4.78, 5) is 22.4. The van der Waals surface area contributed by atoms with E-state index in [-0.39, 0.29) is 5.91 Å². The average Bonchev–Trinajstić information content (AvgIpc) is 2.29. The molecule has 1 amide bonds. The van der Waals surface area contributed by atoms with Gasteiger partial charge in [0.05, 0.1) is 11.5 Å². The quantitative estimate of drug-likeness (QED) is 0.698. The van der Waals surface area contributed by atoms with E-state index in [1.165, 1.54) is 0 Å². The maximum atomic E-state index is 11.9. The average molecular weight is 248 g/mol. The number of hydrogen-bond acceptors (Lipinski definition) is 5. The Bertz CT molecular complexity index is 485. The molecule has 6 heteroatoms. The summed E-state index contributed by atoms with van der Waals surface area (Å²) in [5.41, 5.74) is 0.458. The number of carbonyl (C=O) groups excluding carboxylic acids is 1. The van der Waals surface area contributed by atoms with E-state index in [4.69, 9.17) is 0 Å². The number of aryl methyl sites for hydroxylation is 1. The topological polar surface area (TPSA) is 78.4 Å². The monoisotopic (exact) mass is 248 g/mol. The second-order valence-electron chi connectivity index (χ2n) is 5.20. The number of aliphatic hydroxyl groups is 1. The van der Waals surface area contributed by atoms with Gasteiger partial charge >= 0.3 is 0 Å². The van der Waals surface area contributed by atoms with Gasteiger partial charge in [-0.1, -0.05) is 0 Å². The molecule has 1 unspecified atom stereocenters. The van der Waals surface area contributed by atoms with Crippen molar-refractivity contribution in [2.75, 3.05) is 24.5 Å². The number of aromatic nitrogens is 2. The van der Waals surface area contributed by atoms with Gasteiger partial charge in [-0.3, -0.25) is 4.79 Å². The molecule has 0 bridgehead atoms. The molecule has 96 valence electrons. The smallest absolute Gasteiger partial charge is 0.230 e. The fourth-order valence-corrected chi connectivity index (χ4v) is 2.70.